The molecule has 96 valence electrons. The fourth-order valence-electron chi connectivity index (χ4n) is 1.97. The molecule has 0 saturated carbocycles. The predicted molar refractivity (Wildman–Crippen MR) is 69.0 cm³/mol. The van der Waals surface area contributed by atoms with Crippen LogP contribution >= 0.6 is 0 Å². The second kappa shape index (κ2) is 5.80. The van der Waals surface area contributed by atoms with E-state index in [0.717, 1.165) is 24.3 Å². The number of nitrogens with two attached hydrogens (primary N) is 1. The third kappa shape index (κ3) is 2.78. The van der Waals surface area contributed by atoms with Crippen molar-refractivity contribution in [3.8, 4) is 6.07 Å². The van der Waals surface area contributed by atoms with E-state index in [0.29, 0.717) is 13.2 Å². The molecule has 2 atom stereocenters. The molecule has 2 N–H and O–H groups in total. The predicted octanol–water partition coefficient (Wildman–Crippen LogP) is 1.22. The van der Waals surface area contributed by atoms with Gasteiger partial charge in [-0.2, -0.15) is 5.26 Å². The van der Waals surface area contributed by atoms with Crippen LogP contribution in [0, 0.1) is 11.3 Å². The Labute approximate surface area is 107 Å². The number of anilines is 1. The molecule has 1 aromatic rings. The molecular weight excluding hydrogens is 228 g/mol. The first-order valence-corrected chi connectivity index (χ1v) is 6.22. The lowest BCUT2D eigenvalue weighted by Crippen LogP contribution is -2.41. The summed E-state index contributed by atoms with van der Waals surface area (Å²) in [7, 11) is 0. The Hall–Kier alpha value is -1.64. The van der Waals surface area contributed by atoms with E-state index in [2.05, 4.69) is 16.0 Å². The van der Waals surface area contributed by atoms with Crippen molar-refractivity contribution in [1.82, 2.24) is 4.98 Å². The van der Waals surface area contributed by atoms with E-state index in [-0.39, 0.29) is 12.1 Å². The van der Waals surface area contributed by atoms with Gasteiger partial charge in [0.15, 0.2) is 6.10 Å². The summed E-state index contributed by atoms with van der Waals surface area (Å²) in [4.78, 5) is 6.50. The van der Waals surface area contributed by atoms with Crippen LogP contribution in [0.5, 0.6) is 0 Å². The average Bonchev–Trinajstić information content (AvgIpc) is 2.46. The number of hydrogen-bond acceptors (Lipinski definition) is 5. The summed E-state index contributed by atoms with van der Waals surface area (Å²) in [6, 6.07) is 6.10. The number of aromatic nitrogens is 1. The first-order valence-electron chi connectivity index (χ1n) is 6.22. The summed E-state index contributed by atoms with van der Waals surface area (Å²) in [5, 5.41) is 8.87. The molecule has 0 amide bonds. The molecule has 5 heteroatoms. The highest BCUT2D eigenvalue weighted by Gasteiger charge is 2.20. The number of hydrogen-bond donors (Lipinski definition) is 1. The number of nitriles is 1. The van der Waals surface area contributed by atoms with Crippen LogP contribution in [-0.4, -0.2) is 30.8 Å². The lowest BCUT2D eigenvalue weighted by Gasteiger charge is -2.31. The molecule has 0 spiro atoms. The zero-order chi connectivity index (χ0) is 13.0. The van der Waals surface area contributed by atoms with E-state index in [1.54, 1.807) is 0 Å². The van der Waals surface area contributed by atoms with Gasteiger partial charge in [-0.3, -0.25) is 4.98 Å². The molecule has 0 radical (unpaired) electrons. The summed E-state index contributed by atoms with van der Waals surface area (Å²) in [5.41, 5.74) is 7.85. The third-order valence-corrected chi connectivity index (χ3v) is 3.17. The quantitative estimate of drug-likeness (QED) is 0.868. The van der Waals surface area contributed by atoms with Gasteiger partial charge in [-0.05, 0) is 18.6 Å². The molecule has 0 aromatic carbocycles. The van der Waals surface area contributed by atoms with Gasteiger partial charge in [-0.15, -0.1) is 0 Å². The molecule has 2 heterocycles. The minimum Gasteiger partial charge on any atom is -0.364 e. The standard InChI is InChI=1S/C13H18N4O/c1-2-12(15)13-4-3-10(8-16-13)17-5-6-18-11(7-14)9-17/h3-4,8,11-12H,2,5-6,9,15H2,1H3/t11?,12-/m0/s1. The van der Waals surface area contributed by atoms with E-state index in [1.807, 2.05) is 25.3 Å². The lowest BCUT2D eigenvalue weighted by atomic mass is 10.1. The normalized spacial score (nSPS) is 21.4. The first kappa shape index (κ1) is 12.8. The van der Waals surface area contributed by atoms with E-state index < -0.39 is 0 Å². The summed E-state index contributed by atoms with van der Waals surface area (Å²) in [6.07, 6.45) is 2.35. The van der Waals surface area contributed by atoms with Crippen molar-refractivity contribution in [2.24, 2.45) is 5.73 Å². The molecule has 1 unspecified atom stereocenters. The van der Waals surface area contributed by atoms with Crippen molar-refractivity contribution in [2.75, 3.05) is 24.6 Å². The second-order valence-corrected chi connectivity index (χ2v) is 4.39. The van der Waals surface area contributed by atoms with Crippen molar-refractivity contribution >= 4 is 5.69 Å². The molecule has 18 heavy (non-hydrogen) atoms. The monoisotopic (exact) mass is 246 g/mol. The Bertz CT molecular complexity index is 426. The van der Waals surface area contributed by atoms with E-state index in [1.165, 1.54) is 0 Å². The number of rotatable bonds is 3. The smallest absolute Gasteiger partial charge is 0.161 e. The Balaban J connectivity index is 2.07. The van der Waals surface area contributed by atoms with E-state index >= 15 is 0 Å². The molecule has 5 nitrogen and oxygen atoms in total. The van der Waals surface area contributed by atoms with Crippen LogP contribution in [0.15, 0.2) is 18.3 Å². The van der Waals surface area contributed by atoms with E-state index in [9.17, 15) is 0 Å². The molecule has 1 aliphatic rings. The number of pyridine rings is 1. The van der Waals surface area contributed by atoms with Crippen LogP contribution in [0.2, 0.25) is 0 Å². The van der Waals surface area contributed by atoms with E-state index in [4.69, 9.17) is 15.7 Å². The van der Waals surface area contributed by atoms with Crippen molar-refractivity contribution in [1.29, 1.82) is 5.26 Å². The Morgan fingerprint density at radius 3 is 3.11 bits per heavy atom. The van der Waals surface area contributed by atoms with Gasteiger partial charge in [0.25, 0.3) is 0 Å². The molecular formula is C13H18N4O. The lowest BCUT2D eigenvalue weighted by molar-refractivity contribution is 0.0764. The third-order valence-electron chi connectivity index (χ3n) is 3.17. The fraction of sp³-hybridized carbons (Fsp3) is 0.538. The van der Waals surface area contributed by atoms with Gasteiger partial charge in [0.2, 0.25) is 0 Å². The van der Waals surface area contributed by atoms with Crippen molar-refractivity contribution in [3.05, 3.63) is 24.0 Å². The summed E-state index contributed by atoms with van der Waals surface area (Å²) in [5.74, 6) is 0. The largest absolute Gasteiger partial charge is 0.364 e. The molecule has 0 aliphatic carbocycles. The van der Waals surface area contributed by atoms with Gasteiger partial charge in [0.05, 0.1) is 36.8 Å². The zero-order valence-corrected chi connectivity index (χ0v) is 10.5. The summed E-state index contributed by atoms with van der Waals surface area (Å²) < 4.78 is 5.31. The van der Waals surface area contributed by atoms with Gasteiger partial charge in [-0.1, -0.05) is 6.92 Å². The van der Waals surface area contributed by atoms with Gasteiger partial charge < -0.3 is 15.4 Å². The van der Waals surface area contributed by atoms with Crippen LogP contribution in [0.25, 0.3) is 0 Å². The number of morpholine rings is 1. The highest BCUT2D eigenvalue weighted by atomic mass is 16.5. The van der Waals surface area contributed by atoms with Crippen molar-refractivity contribution in [3.63, 3.8) is 0 Å². The zero-order valence-electron chi connectivity index (χ0n) is 10.5. The summed E-state index contributed by atoms with van der Waals surface area (Å²) >= 11 is 0. The van der Waals surface area contributed by atoms with Crippen molar-refractivity contribution in [2.45, 2.75) is 25.5 Å². The van der Waals surface area contributed by atoms with Crippen LogP contribution in [0.1, 0.15) is 25.1 Å². The average molecular weight is 246 g/mol. The maximum atomic E-state index is 8.87. The maximum absolute atomic E-state index is 8.87. The Morgan fingerprint density at radius 1 is 1.67 bits per heavy atom. The molecule has 1 aliphatic heterocycles. The maximum Gasteiger partial charge on any atom is 0.161 e. The fourth-order valence-corrected chi connectivity index (χ4v) is 1.97. The highest BCUT2D eigenvalue weighted by molar-refractivity contribution is 5.45. The minimum atomic E-state index is -0.351. The topological polar surface area (TPSA) is 75.2 Å². The first-order chi connectivity index (χ1) is 8.74. The molecule has 1 aromatic heterocycles. The van der Waals surface area contributed by atoms with Gasteiger partial charge in [-0.25, -0.2) is 0 Å². The Kier molecular flexibility index (Phi) is 4.13. The van der Waals surface area contributed by atoms with Crippen LogP contribution < -0.4 is 10.6 Å². The Morgan fingerprint density at radius 2 is 2.50 bits per heavy atom. The SMILES string of the molecule is CC[C@H](N)c1ccc(N2CCOC(C#N)C2)cn1. The molecule has 1 fully saturated rings. The van der Waals surface area contributed by atoms with Gasteiger partial charge in [0.1, 0.15) is 0 Å². The van der Waals surface area contributed by atoms with Gasteiger partial charge in [0, 0.05) is 12.6 Å². The number of ether oxygens (including phenoxy) is 1. The highest BCUT2D eigenvalue weighted by Crippen LogP contribution is 2.19. The van der Waals surface area contributed by atoms with Gasteiger partial charge >= 0.3 is 0 Å². The van der Waals surface area contributed by atoms with Crippen molar-refractivity contribution < 1.29 is 4.74 Å². The van der Waals surface area contributed by atoms with Crippen LogP contribution in [0.3, 0.4) is 0 Å². The minimum absolute atomic E-state index is 0.00408. The number of nitrogens with zero attached hydrogens (tertiary/aromatic N) is 3. The summed E-state index contributed by atoms with van der Waals surface area (Å²) in [6.45, 7) is 4.00. The molecule has 0 bridgehead atoms. The molecule has 2 rings (SSSR count). The van der Waals surface area contributed by atoms with Crippen LogP contribution in [0.4, 0.5) is 5.69 Å². The molecule has 1 saturated heterocycles. The second-order valence-electron chi connectivity index (χ2n) is 4.39. The van der Waals surface area contributed by atoms with Crippen LogP contribution in [-0.2, 0) is 4.74 Å².